The Bertz CT molecular complexity index is 315. The van der Waals surface area contributed by atoms with E-state index in [1.54, 1.807) is 0 Å². The van der Waals surface area contributed by atoms with Crippen LogP contribution < -0.4 is 5.73 Å². The highest BCUT2D eigenvalue weighted by Crippen LogP contribution is 2.38. The van der Waals surface area contributed by atoms with Crippen molar-refractivity contribution in [3.05, 3.63) is 0 Å². The largest absolute Gasteiger partial charge is 0.327 e. The number of likely N-dealkylation sites (tertiary alicyclic amines) is 2. The third kappa shape index (κ3) is 2.00. The summed E-state index contributed by atoms with van der Waals surface area (Å²) in [5.41, 5.74) is 6.33. The summed E-state index contributed by atoms with van der Waals surface area (Å²) in [5, 5.41) is 0. The average Bonchev–Trinajstić information content (AvgIpc) is 2.93. The van der Waals surface area contributed by atoms with Crippen molar-refractivity contribution in [2.75, 3.05) is 26.2 Å². The van der Waals surface area contributed by atoms with Crippen molar-refractivity contribution in [3.63, 3.8) is 0 Å². The molecule has 3 nitrogen and oxygen atoms in total. The molecule has 4 fully saturated rings. The maximum absolute atomic E-state index is 6.33. The third-order valence-corrected chi connectivity index (χ3v) is 5.96. The molecular formula is C15H27N3. The predicted octanol–water partition coefficient (Wildman–Crippen LogP) is 1.28. The quantitative estimate of drug-likeness (QED) is 0.800. The maximum atomic E-state index is 6.33. The molecule has 4 atom stereocenters. The molecule has 4 unspecified atom stereocenters. The molecule has 0 aromatic rings. The molecule has 4 aliphatic rings. The summed E-state index contributed by atoms with van der Waals surface area (Å²) < 4.78 is 0. The topological polar surface area (TPSA) is 32.5 Å². The van der Waals surface area contributed by atoms with Crippen molar-refractivity contribution in [2.24, 2.45) is 17.6 Å². The van der Waals surface area contributed by atoms with Crippen LogP contribution >= 0.6 is 0 Å². The molecule has 2 saturated heterocycles. The summed E-state index contributed by atoms with van der Waals surface area (Å²) in [6.07, 6.45) is 8.41. The van der Waals surface area contributed by atoms with Gasteiger partial charge in [0.1, 0.15) is 0 Å². The normalized spacial score (nSPS) is 46.5. The molecule has 18 heavy (non-hydrogen) atoms. The Morgan fingerprint density at radius 1 is 0.778 bits per heavy atom. The molecule has 0 radical (unpaired) electrons. The highest BCUT2D eigenvalue weighted by Gasteiger charge is 2.43. The fourth-order valence-electron chi connectivity index (χ4n) is 4.69. The molecule has 102 valence electrons. The SMILES string of the molecule is NC1CCCC2CN(C3CCN(C4CC4)C3)CC12. The Kier molecular flexibility index (Phi) is 2.90. The van der Waals surface area contributed by atoms with E-state index in [1.165, 1.54) is 64.7 Å². The molecule has 0 aromatic carbocycles. The van der Waals surface area contributed by atoms with Gasteiger partial charge in [0.25, 0.3) is 0 Å². The number of hydrogen-bond donors (Lipinski definition) is 1. The summed E-state index contributed by atoms with van der Waals surface area (Å²) in [4.78, 5) is 5.54. The number of fused-ring (bicyclic) bond motifs is 1. The van der Waals surface area contributed by atoms with E-state index >= 15 is 0 Å². The second-order valence-electron chi connectivity index (χ2n) is 7.14. The summed E-state index contributed by atoms with van der Waals surface area (Å²) in [5.74, 6) is 1.73. The molecule has 2 heterocycles. The lowest BCUT2D eigenvalue weighted by atomic mass is 9.78. The van der Waals surface area contributed by atoms with E-state index in [0.29, 0.717) is 6.04 Å². The minimum absolute atomic E-state index is 0.495. The van der Waals surface area contributed by atoms with E-state index in [9.17, 15) is 0 Å². The second-order valence-corrected chi connectivity index (χ2v) is 7.14. The summed E-state index contributed by atoms with van der Waals surface area (Å²) in [6.45, 7) is 5.35. The lowest BCUT2D eigenvalue weighted by Crippen LogP contribution is -2.39. The molecule has 2 saturated carbocycles. The van der Waals surface area contributed by atoms with Crippen LogP contribution in [0, 0.1) is 11.8 Å². The highest BCUT2D eigenvalue weighted by molar-refractivity contribution is 4.99. The first kappa shape index (κ1) is 11.7. The van der Waals surface area contributed by atoms with Crippen LogP contribution in [-0.2, 0) is 0 Å². The van der Waals surface area contributed by atoms with Crippen molar-refractivity contribution in [1.82, 2.24) is 9.80 Å². The zero-order valence-electron chi connectivity index (χ0n) is 11.4. The van der Waals surface area contributed by atoms with Gasteiger partial charge >= 0.3 is 0 Å². The van der Waals surface area contributed by atoms with Gasteiger partial charge < -0.3 is 5.73 Å². The molecule has 3 heteroatoms. The fraction of sp³-hybridized carbons (Fsp3) is 1.00. The Balaban J connectivity index is 1.38. The minimum Gasteiger partial charge on any atom is -0.327 e. The van der Waals surface area contributed by atoms with Crippen molar-refractivity contribution in [3.8, 4) is 0 Å². The Labute approximate surface area is 111 Å². The monoisotopic (exact) mass is 249 g/mol. The smallest absolute Gasteiger partial charge is 0.0235 e. The van der Waals surface area contributed by atoms with E-state index in [2.05, 4.69) is 9.80 Å². The number of nitrogens with two attached hydrogens (primary N) is 1. The van der Waals surface area contributed by atoms with E-state index in [1.807, 2.05) is 0 Å². The Morgan fingerprint density at radius 3 is 2.44 bits per heavy atom. The molecule has 2 aliphatic heterocycles. The lowest BCUT2D eigenvalue weighted by Gasteiger charge is -2.30. The second kappa shape index (κ2) is 4.46. The van der Waals surface area contributed by atoms with Gasteiger partial charge in [-0.05, 0) is 43.9 Å². The van der Waals surface area contributed by atoms with Crippen LogP contribution in [0.5, 0.6) is 0 Å². The molecule has 0 spiro atoms. The van der Waals surface area contributed by atoms with Crippen molar-refractivity contribution < 1.29 is 0 Å². The van der Waals surface area contributed by atoms with Gasteiger partial charge in [-0.15, -0.1) is 0 Å². The van der Waals surface area contributed by atoms with Crippen LogP contribution in [0.15, 0.2) is 0 Å². The van der Waals surface area contributed by atoms with Gasteiger partial charge in [-0.25, -0.2) is 0 Å². The first-order chi connectivity index (χ1) is 8.81. The van der Waals surface area contributed by atoms with Gasteiger partial charge in [-0.1, -0.05) is 6.42 Å². The van der Waals surface area contributed by atoms with Crippen molar-refractivity contribution >= 4 is 0 Å². The van der Waals surface area contributed by atoms with Crippen LogP contribution in [-0.4, -0.2) is 54.1 Å². The summed E-state index contributed by atoms with van der Waals surface area (Å²) in [7, 11) is 0. The van der Waals surface area contributed by atoms with Crippen molar-refractivity contribution in [1.29, 1.82) is 0 Å². The van der Waals surface area contributed by atoms with Gasteiger partial charge in [0.2, 0.25) is 0 Å². The first-order valence-corrected chi connectivity index (χ1v) is 8.05. The molecule has 4 rings (SSSR count). The van der Waals surface area contributed by atoms with Gasteiger partial charge in [-0.3, -0.25) is 9.80 Å². The maximum Gasteiger partial charge on any atom is 0.0235 e. The van der Waals surface area contributed by atoms with Crippen LogP contribution in [0.2, 0.25) is 0 Å². The first-order valence-electron chi connectivity index (χ1n) is 8.05. The number of nitrogens with zero attached hydrogens (tertiary/aromatic N) is 2. The fourth-order valence-corrected chi connectivity index (χ4v) is 4.69. The number of rotatable bonds is 2. The molecule has 2 N–H and O–H groups in total. The zero-order valence-corrected chi connectivity index (χ0v) is 11.4. The summed E-state index contributed by atoms with van der Waals surface area (Å²) >= 11 is 0. The molecule has 2 aliphatic carbocycles. The predicted molar refractivity (Wildman–Crippen MR) is 73.4 cm³/mol. The van der Waals surface area contributed by atoms with E-state index in [0.717, 1.165) is 23.9 Å². The van der Waals surface area contributed by atoms with Crippen molar-refractivity contribution in [2.45, 2.75) is 56.7 Å². The Morgan fingerprint density at radius 2 is 1.67 bits per heavy atom. The third-order valence-electron chi connectivity index (χ3n) is 5.96. The van der Waals surface area contributed by atoms with Gasteiger partial charge in [0, 0.05) is 44.3 Å². The number of hydrogen-bond acceptors (Lipinski definition) is 3. The van der Waals surface area contributed by atoms with Gasteiger partial charge in [0.05, 0.1) is 0 Å². The van der Waals surface area contributed by atoms with E-state index in [4.69, 9.17) is 5.73 Å². The van der Waals surface area contributed by atoms with Crippen LogP contribution in [0.4, 0.5) is 0 Å². The molecule has 0 bridgehead atoms. The molecule has 0 amide bonds. The van der Waals surface area contributed by atoms with Crippen LogP contribution in [0.3, 0.4) is 0 Å². The summed E-state index contributed by atoms with van der Waals surface area (Å²) in [6, 6.07) is 2.31. The highest BCUT2D eigenvalue weighted by atomic mass is 15.3. The van der Waals surface area contributed by atoms with Crippen LogP contribution in [0.1, 0.15) is 38.5 Å². The lowest BCUT2D eigenvalue weighted by molar-refractivity contribution is 0.218. The molecule has 0 aromatic heterocycles. The Hall–Kier alpha value is -0.120. The molecular weight excluding hydrogens is 222 g/mol. The van der Waals surface area contributed by atoms with E-state index in [-0.39, 0.29) is 0 Å². The van der Waals surface area contributed by atoms with Gasteiger partial charge in [-0.2, -0.15) is 0 Å². The average molecular weight is 249 g/mol. The van der Waals surface area contributed by atoms with E-state index < -0.39 is 0 Å². The minimum atomic E-state index is 0.495. The standard InChI is InChI=1S/C15H27N3/c16-15-3-1-2-11-8-18(10-14(11)15)13-6-7-17(9-13)12-4-5-12/h11-15H,1-10,16H2. The van der Waals surface area contributed by atoms with Crippen LogP contribution in [0.25, 0.3) is 0 Å². The van der Waals surface area contributed by atoms with Gasteiger partial charge in [0.15, 0.2) is 0 Å². The zero-order chi connectivity index (χ0) is 12.1.